The fourth-order valence-corrected chi connectivity index (χ4v) is 1.88. The zero-order chi connectivity index (χ0) is 14.4. The van der Waals surface area contributed by atoms with Gasteiger partial charge in [0.05, 0.1) is 7.11 Å². The van der Waals surface area contributed by atoms with E-state index >= 15 is 0 Å². The van der Waals surface area contributed by atoms with Gasteiger partial charge in [-0.2, -0.15) is 0 Å². The summed E-state index contributed by atoms with van der Waals surface area (Å²) >= 11 is 0. The molecule has 2 rings (SSSR count). The molecule has 3 heteroatoms. The number of hydrogen-bond donors (Lipinski definition) is 1. The lowest BCUT2D eigenvalue weighted by Gasteiger charge is -2.14. The fraction of sp³-hybridized carbons (Fsp3) is 0.176. The molecular weight excluding hydrogens is 250 g/mol. The first-order chi connectivity index (χ1) is 9.74. The minimum atomic E-state index is -0.202. The van der Waals surface area contributed by atoms with Crippen LogP contribution in [0.2, 0.25) is 0 Å². The van der Waals surface area contributed by atoms with Crippen molar-refractivity contribution >= 4 is 0 Å². The van der Waals surface area contributed by atoms with Gasteiger partial charge in [0.25, 0.3) is 0 Å². The molecule has 0 bridgehead atoms. The number of nitrogens with two attached hydrogens (primary N) is 1. The van der Waals surface area contributed by atoms with Gasteiger partial charge in [0.2, 0.25) is 0 Å². The van der Waals surface area contributed by atoms with Crippen molar-refractivity contribution in [2.75, 3.05) is 7.11 Å². The summed E-state index contributed by atoms with van der Waals surface area (Å²) in [5.74, 6) is 1.38. The average Bonchev–Trinajstić information content (AvgIpc) is 2.53. The van der Waals surface area contributed by atoms with Crippen LogP contribution in [0.15, 0.2) is 61.2 Å². The van der Waals surface area contributed by atoms with Crippen LogP contribution in [0.5, 0.6) is 11.5 Å². The third kappa shape index (κ3) is 3.39. The highest BCUT2D eigenvalue weighted by Crippen LogP contribution is 2.30. The molecule has 0 unspecified atom stereocenters. The Labute approximate surface area is 119 Å². The maximum Gasteiger partial charge on any atom is 0.161 e. The van der Waals surface area contributed by atoms with Crippen LogP contribution < -0.4 is 15.2 Å². The van der Waals surface area contributed by atoms with Crippen LogP contribution in [0.25, 0.3) is 0 Å². The van der Waals surface area contributed by atoms with Gasteiger partial charge in [-0.1, -0.05) is 42.5 Å². The average molecular weight is 269 g/mol. The predicted octanol–water partition coefficient (Wildman–Crippen LogP) is 3.46. The third-order valence-corrected chi connectivity index (χ3v) is 3.06. The second kappa shape index (κ2) is 6.78. The summed E-state index contributed by atoms with van der Waals surface area (Å²) in [5, 5.41) is 0. The zero-order valence-electron chi connectivity index (χ0n) is 11.6. The van der Waals surface area contributed by atoms with E-state index in [4.69, 9.17) is 15.2 Å². The van der Waals surface area contributed by atoms with E-state index in [-0.39, 0.29) is 6.04 Å². The van der Waals surface area contributed by atoms with E-state index in [1.54, 1.807) is 13.2 Å². The monoisotopic (exact) mass is 269 g/mol. The molecule has 0 spiro atoms. The third-order valence-electron chi connectivity index (χ3n) is 3.06. The van der Waals surface area contributed by atoms with Crippen molar-refractivity contribution in [2.24, 2.45) is 5.73 Å². The number of benzene rings is 2. The lowest BCUT2D eigenvalue weighted by Crippen LogP contribution is -2.07. The number of methoxy groups -OCH3 is 1. The Bertz CT molecular complexity index is 566. The van der Waals surface area contributed by atoms with Gasteiger partial charge >= 0.3 is 0 Å². The molecule has 0 aromatic heterocycles. The summed E-state index contributed by atoms with van der Waals surface area (Å²) in [6, 6.07) is 15.5. The molecule has 0 saturated carbocycles. The molecule has 1 atom stereocenters. The van der Waals surface area contributed by atoms with Crippen LogP contribution in [0.3, 0.4) is 0 Å². The summed E-state index contributed by atoms with van der Waals surface area (Å²) in [4.78, 5) is 0. The van der Waals surface area contributed by atoms with E-state index in [0.29, 0.717) is 18.1 Å². The summed E-state index contributed by atoms with van der Waals surface area (Å²) in [5.41, 5.74) is 7.98. The molecule has 0 heterocycles. The normalized spacial score (nSPS) is 11.7. The highest BCUT2D eigenvalue weighted by atomic mass is 16.5. The first-order valence-electron chi connectivity index (χ1n) is 6.47. The molecule has 0 fully saturated rings. The van der Waals surface area contributed by atoms with Gasteiger partial charge in [0, 0.05) is 6.04 Å². The van der Waals surface area contributed by atoms with Crippen LogP contribution in [-0.2, 0) is 6.61 Å². The van der Waals surface area contributed by atoms with Crippen LogP contribution in [0.1, 0.15) is 17.2 Å². The van der Waals surface area contributed by atoms with Gasteiger partial charge in [0.15, 0.2) is 11.5 Å². The molecule has 0 aliphatic rings. The first-order valence-corrected chi connectivity index (χ1v) is 6.47. The standard InChI is InChI=1S/C17H19NO2/c1-3-15(18)14-9-10-16(17(11-14)19-2)20-12-13-7-5-4-6-8-13/h3-11,15H,1,12,18H2,2H3/t15-/m1/s1. The molecule has 0 saturated heterocycles. The molecule has 2 N–H and O–H groups in total. The van der Waals surface area contributed by atoms with E-state index in [0.717, 1.165) is 11.1 Å². The Morgan fingerprint density at radius 1 is 1.15 bits per heavy atom. The van der Waals surface area contributed by atoms with Crippen molar-refractivity contribution in [1.82, 2.24) is 0 Å². The van der Waals surface area contributed by atoms with E-state index in [1.165, 1.54) is 0 Å². The molecule has 0 radical (unpaired) electrons. The second-order valence-electron chi connectivity index (χ2n) is 4.45. The Morgan fingerprint density at radius 3 is 2.55 bits per heavy atom. The van der Waals surface area contributed by atoms with Crippen LogP contribution >= 0.6 is 0 Å². The highest BCUT2D eigenvalue weighted by Gasteiger charge is 2.09. The van der Waals surface area contributed by atoms with E-state index in [2.05, 4.69) is 6.58 Å². The van der Waals surface area contributed by atoms with Gasteiger partial charge in [-0.3, -0.25) is 0 Å². The summed E-state index contributed by atoms with van der Waals surface area (Å²) in [6.07, 6.45) is 1.69. The minimum Gasteiger partial charge on any atom is -0.493 e. The Balaban J connectivity index is 2.13. The van der Waals surface area contributed by atoms with Crippen molar-refractivity contribution in [1.29, 1.82) is 0 Å². The summed E-state index contributed by atoms with van der Waals surface area (Å²) in [7, 11) is 1.62. The number of hydrogen-bond acceptors (Lipinski definition) is 3. The molecule has 20 heavy (non-hydrogen) atoms. The van der Waals surface area contributed by atoms with Gasteiger partial charge in [-0.05, 0) is 23.3 Å². The molecule has 2 aromatic rings. The van der Waals surface area contributed by atoms with E-state index in [1.807, 2.05) is 48.5 Å². The van der Waals surface area contributed by atoms with Gasteiger partial charge in [0.1, 0.15) is 6.61 Å². The quantitative estimate of drug-likeness (QED) is 0.817. The Kier molecular flexibility index (Phi) is 4.80. The topological polar surface area (TPSA) is 44.5 Å². The molecule has 0 aliphatic carbocycles. The first kappa shape index (κ1) is 14.2. The SMILES string of the molecule is C=C[C@@H](N)c1ccc(OCc2ccccc2)c(OC)c1. The van der Waals surface area contributed by atoms with Crippen LogP contribution in [-0.4, -0.2) is 7.11 Å². The van der Waals surface area contributed by atoms with Crippen molar-refractivity contribution in [3.63, 3.8) is 0 Å². The van der Waals surface area contributed by atoms with Crippen molar-refractivity contribution in [2.45, 2.75) is 12.6 Å². The largest absolute Gasteiger partial charge is 0.493 e. The lowest BCUT2D eigenvalue weighted by atomic mass is 10.1. The van der Waals surface area contributed by atoms with Crippen molar-refractivity contribution < 1.29 is 9.47 Å². The van der Waals surface area contributed by atoms with E-state index in [9.17, 15) is 0 Å². The molecule has 2 aromatic carbocycles. The van der Waals surface area contributed by atoms with Gasteiger partial charge in [-0.15, -0.1) is 6.58 Å². The van der Waals surface area contributed by atoms with E-state index < -0.39 is 0 Å². The smallest absolute Gasteiger partial charge is 0.161 e. The molecular formula is C17H19NO2. The Morgan fingerprint density at radius 2 is 1.90 bits per heavy atom. The van der Waals surface area contributed by atoms with Crippen LogP contribution in [0, 0.1) is 0 Å². The minimum absolute atomic E-state index is 0.202. The van der Waals surface area contributed by atoms with Gasteiger partial charge < -0.3 is 15.2 Å². The Hall–Kier alpha value is -2.26. The predicted molar refractivity (Wildman–Crippen MR) is 80.9 cm³/mol. The maximum atomic E-state index is 5.92. The maximum absolute atomic E-state index is 5.92. The lowest BCUT2D eigenvalue weighted by molar-refractivity contribution is 0.284. The van der Waals surface area contributed by atoms with Crippen molar-refractivity contribution in [3.8, 4) is 11.5 Å². The van der Waals surface area contributed by atoms with Crippen LogP contribution in [0.4, 0.5) is 0 Å². The molecule has 3 nitrogen and oxygen atoms in total. The summed E-state index contributed by atoms with van der Waals surface area (Å²) < 4.78 is 11.1. The highest BCUT2D eigenvalue weighted by molar-refractivity contribution is 5.44. The zero-order valence-corrected chi connectivity index (χ0v) is 11.6. The molecule has 104 valence electrons. The number of rotatable bonds is 6. The molecule has 0 aliphatic heterocycles. The van der Waals surface area contributed by atoms with Crippen molar-refractivity contribution in [3.05, 3.63) is 72.3 Å². The fourth-order valence-electron chi connectivity index (χ4n) is 1.88. The second-order valence-corrected chi connectivity index (χ2v) is 4.45. The number of ether oxygens (including phenoxy) is 2. The molecule has 0 amide bonds. The summed E-state index contributed by atoms with van der Waals surface area (Å²) in [6.45, 7) is 4.20. The van der Waals surface area contributed by atoms with Gasteiger partial charge in [-0.25, -0.2) is 0 Å².